The van der Waals surface area contributed by atoms with E-state index in [0.717, 1.165) is 54.3 Å². The second-order valence-corrected chi connectivity index (χ2v) is 11.6. The predicted octanol–water partition coefficient (Wildman–Crippen LogP) is 8.87. The molecule has 0 radical (unpaired) electrons. The third kappa shape index (κ3) is 8.59. The zero-order chi connectivity index (χ0) is 27.6. The molecule has 0 fully saturated rings. The fraction of sp³-hybridized carbons (Fsp3) is 0.156. The quantitative estimate of drug-likeness (QED) is 0.0448. The summed E-state index contributed by atoms with van der Waals surface area (Å²) in [5, 5.41) is 4.85. The van der Waals surface area contributed by atoms with Crippen molar-refractivity contribution < 1.29 is 14.4 Å². The Hall–Kier alpha value is -3.32. The summed E-state index contributed by atoms with van der Waals surface area (Å²) in [6.07, 6.45) is 1.55. The van der Waals surface area contributed by atoms with Gasteiger partial charge in [-0.1, -0.05) is 64.9 Å². The van der Waals surface area contributed by atoms with Crippen LogP contribution in [0.15, 0.2) is 117 Å². The van der Waals surface area contributed by atoms with Gasteiger partial charge in [0, 0.05) is 37.8 Å². The van der Waals surface area contributed by atoms with Crippen LogP contribution < -0.4 is 0 Å². The van der Waals surface area contributed by atoms with Gasteiger partial charge in [-0.05, 0) is 97.3 Å². The van der Waals surface area contributed by atoms with Crippen molar-refractivity contribution in [3.63, 3.8) is 0 Å². The minimum atomic E-state index is -0.445. The van der Waals surface area contributed by atoms with E-state index in [9.17, 15) is 9.59 Å². The standard InChI is InChI=1S/C32H28ClNO3S2/c1-22-6-3-4-7-30(22)32(36)25-11-17-29(18-12-25)39-28-15-9-24(10-16-28)31(34-37-23(2)35)8-5-21-38-27-19-13-26(33)14-20-27/h3-4,6-7,9-20H,5,8,21H2,1-2H3. The Kier molecular flexibility index (Phi) is 10.4. The first kappa shape index (κ1) is 28.7. The van der Waals surface area contributed by atoms with Crippen LogP contribution in [0.5, 0.6) is 0 Å². The smallest absolute Gasteiger partial charge is 0.318 e. The number of aryl methyl sites for hydroxylation is 1. The summed E-state index contributed by atoms with van der Waals surface area (Å²) in [6.45, 7) is 3.29. The third-order valence-electron chi connectivity index (χ3n) is 5.85. The Morgan fingerprint density at radius 3 is 2.00 bits per heavy atom. The molecule has 4 rings (SSSR count). The van der Waals surface area contributed by atoms with Gasteiger partial charge >= 0.3 is 5.97 Å². The lowest BCUT2D eigenvalue weighted by atomic mass is 9.99. The summed E-state index contributed by atoms with van der Waals surface area (Å²) in [4.78, 5) is 32.5. The fourth-order valence-corrected chi connectivity index (χ4v) is 5.63. The van der Waals surface area contributed by atoms with Crippen LogP contribution in [0.25, 0.3) is 0 Å². The number of carbonyl (C=O) groups is 2. The van der Waals surface area contributed by atoms with E-state index >= 15 is 0 Å². The van der Waals surface area contributed by atoms with Gasteiger partial charge in [-0.2, -0.15) is 0 Å². The molecule has 0 atom stereocenters. The highest BCUT2D eigenvalue weighted by atomic mass is 35.5. The molecule has 0 aliphatic rings. The number of hydrogen-bond donors (Lipinski definition) is 0. The molecule has 0 heterocycles. The number of oxime groups is 1. The molecule has 198 valence electrons. The number of carbonyl (C=O) groups excluding carboxylic acids is 2. The fourth-order valence-electron chi connectivity index (χ4n) is 3.83. The number of benzene rings is 4. The van der Waals surface area contributed by atoms with E-state index in [0.29, 0.717) is 12.0 Å². The molecule has 0 aliphatic carbocycles. The molecule has 0 bridgehead atoms. The van der Waals surface area contributed by atoms with E-state index < -0.39 is 5.97 Å². The lowest BCUT2D eigenvalue weighted by Crippen LogP contribution is -2.05. The molecule has 0 unspecified atom stereocenters. The van der Waals surface area contributed by atoms with E-state index in [1.165, 1.54) is 6.92 Å². The van der Waals surface area contributed by atoms with Crippen LogP contribution in [-0.2, 0) is 9.63 Å². The topological polar surface area (TPSA) is 55.7 Å². The van der Waals surface area contributed by atoms with Gasteiger partial charge in [0.2, 0.25) is 0 Å². The van der Waals surface area contributed by atoms with E-state index in [2.05, 4.69) is 5.16 Å². The van der Waals surface area contributed by atoms with E-state index in [4.69, 9.17) is 16.4 Å². The highest BCUT2D eigenvalue weighted by Gasteiger charge is 2.12. The first-order chi connectivity index (χ1) is 18.9. The average Bonchev–Trinajstić information content (AvgIpc) is 2.94. The van der Waals surface area contributed by atoms with E-state index in [1.54, 1.807) is 23.5 Å². The van der Waals surface area contributed by atoms with Crippen molar-refractivity contribution in [1.29, 1.82) is 0 Å². The number of ketones is 1. The zero-order valence-corrected chi connectivity index (χ0v) is 24.1. The van der Waals surface area contributed by atoms with Crippen molar-refractivity contribution in [2.45, 2.75) is 41.4 Å². The van der Waals surface area contributed by atoms with E-state index in [1.807, 2.05) is 104 Å². The van der Waals surface area contributed by atoms with Crippen LogP contribution in [0.1, 0.15) is 46.8 Å². The SMILES string of the molecule is CC(=O)ON=C(CCCSc1ccc(Cl)cc1)c1ccc(Sc2ccc(C(=O)c3ccccc3C)cc2)cc1. The first-order valence-electron chi connectivity index (χ1n) is 12.5. The van der Waals surface area contributed by atoms with Crippen molar-refractivity contribution in [2.75, 3.05) is 5.75 Å². The minimum Gasteiger partial charge on any atom is -0.318 e. The van der Waals surface area contributed by atoms with Gasteiger partial charge in [-0.3, -0.25) is 4.79 Å². The summed E-state index contributed by atoms with van der Waals surface area (Å²) in [6, 6.07) is 31.1. The molecule has 0 aromatic heterocycles. The first-order valence-corrected chi connectivity index (χ1v) is 14.7. The molecule has 4 nitrogen and oxygen atoms in total. The largest absolute Gasteiger partial charge is 0.331 e. The van der Waals surface area contributed by atoms with Gasteiger partial charge in [0.1, 0.15) is 0 Å². The Morgan fingerprint density at radius 2 is 1.38 bits per heavy atom. The summed E-state index contributed by atoms with van der Waals surface area (Å²) < 4.78 is 0. The monoisotopic (exact) mass is 573 g/mol. The molecule has 0 saturated heterocycles. The van der Waals surface area contributed by atoms with Crippen molar-refractivity contribution >= 4 is 52.6 Å². The van der Waals surface area contributed by atoms with Crippen LogP contribution in [0.3, 0.4) is 0 Å². The normalized spacial score (nSPS) is 11.3. The van der Waals surface area contributed by atoms with Crippen LogP contribution in [-0.4, -0.2) is 23.2 Å². The lowest BCUT2D eigenvalue weighted by Gasteiger charge is -2.09. The van der Waals surface area contributed by atoms with Crippen molar-refractivity contribution in [3.8, 4) is 0 Å². The molecule has 0 amide bonds. The maximum absolute atomic E-state index is 12.9. The molecule has 4 aromatic rings. The minimum absolute atomic E-state index is 0.0279. The van der Waals surface area contributed by atoms with Gasteiger partial charge in [0.25, 0.3) is 0 Å². The summed E-state index contributed by atoms with van der Waals surface area (Å²) >= 11 is 9.33. The molecular weight excluding hydrogens is 546 g/mol. The van der Waals surface area contributed by atoms with Crippen LogP contribution in [0.2, 0.25) is 5.02 Å². The number of hydrogen-bond acceptors (Lipinski definition) is 6. The van der Waals surface area contributed by atoms with Crippen LogP contribution >= 0.6 is 35.1 Å². The average molecular weight is 574 g/mol. The molecule has 4 aromatic carbocycles. The van der Waals surface area contributed by atoms with Gasteiger partial charge < -0.3 is 4.84 Å². The second-order valence-electron chi connectivity index (χ2n) is 8.82. The predicted molar refractivity (Wildman–Crippen MR) is 161 cm³/mol. The Labute approximate surface area is 242 Å². The maximum Gasteiger partial charge on any atom is 0.331 e. The molecule has 0 saturated carbocycles. The van der Waals surface area contributed by atoms with Gasteiger partial charge in [0.05, 0.1) is 5.71 Å². The molecule has 7 heteroatoms. The maximum atomic E-state index is 12.9. The molecule has 0 aliphatic heterocycles. The van der Waals surface area contributed by atoms with E-state index in [-0.39, 0.29) is 5.78 Å². The van der Waals surface area contributed by atoms with Gasteiger partial charge in [-0.25, -0.2) is 4.79 Å². The third-order valence-corrected chi connectivity index (χ3v) is 8.22. The number of thioether (sulfide) groups is 1. The number of nitrogens with zero attached hydrogens (tertiary/aromatic N) is 1. The molecule has 39 heavy (non-hydrogen) atoms. The number of rotatable bonds is 11. The Morgan fingerprint density at radius 1 is 0.795 bits per heavy atom. The highest BCUT2D eigenvalue weighted by molar-refractivity contribution is 7.99. The highest BCUT2D eigenvalue weighted by Crippen LogP contribution is 2.29. The van der Waals surface area contributed by atoms with Gasteiger partial charge in [0.15, 0.2) is 5.78 Å². The summed E-state index contributed by atoms with van der Waals surface area (Å²) in [5.74, 6) is 0.483. The molecule has 0 spiro atoms. The molecular formula is C32H28ClNO3S2. The van der Waals surface area contributed by atoms with Crippen LogP contribution in [0, 0.1) is 6.92 Å². The number of halogens is 1. The van der Waals surface area contributed by atoms with Crippen molar-refractivity contribution in [1.82, 2.24) is 0 Å². The van der Waals surface area contributed by atoms with Crippen molar-refractivity contribution in [2.24, 2.45) is 5.16 Å². The lowest BCUT2D eigenvalue weighted by molar-refractivity contribution is -0.140. The summed E-state index contributed by atoms with van der Waals surface area (Å²) in [7, 11) is 0. The summed E-state index contributed by atoms with van der Waals surface area (Å²) in [5.41, 5.74) is 4.01. The van der Waals surface area contributed by atoms with Crippen molar-refractivity contribution in [3.05, 3.63) is 124 Å². The zero-order valence-electron chi connectivity index (χ0n) is 21.7. The van der Waals surface area contributed by atoms with Gasteiger partial charge in [-0.15, -0.1) is 11.8 Å². The Bertz CT molecular complexity index is 1450. The van der Waals surface area contributed by atoms with Crippen LogP contribution in [0.4, 0.5) is 0 Å². The molecule has 0 N–H and O–H groups in total. The second kappa shape index (κ2) is 14.2. The Balaban J connectivity index is 1.37.